The average molecular weight is 326 g/mol. The summed E-state index contributed by atoms with van der Waals surface area (Å²) in [6, 6.07) is 11.1. The zero-order valence-corrected chi connectivity index (χ0v) is 12.0. The van der Waals surface area contributed by atoms with Crippen LogP contribution in [0.15, 0.2) is 46.9 Å². The fourth-order valence-corrected chi connectivity index (χ4v) is 2.45. The lowest BCUT2D eigenvalue weighted by Crippen LogP contribution is -2.20. The number of hydrogen-bond acceptors (Lipinski definition) is 1. The molecule has 100 valence electrons. The second-order valence-electron chi connectivity index (χ2n) is 4.30. The molecule has 2 aromatic rings. The number of benzene rings is 2. The van der Waals surface area contributed by atoms with Gasteiger partial charge in [-0.1, -0.05) is 34.1 Å². The summed E-state index contributed by atoms with van der Waals surface area (Å²) in [5.74, 6) is -0.558. The number of rotatable bonds is 4. The fraction of sp³-hybridized carbons (Fsp3) is 0.200. The molecule has 0 amide bonds. The summed E-state index contributed by atoms with van der Waals surface area (Å²) < 4.78 is 28.3. The van der Waals surface area contributed by atoms with Crippen LogP contribution in [0, 0.1) is 11.6 Å². The largest absolute Gasteiger partial charge is 0.313 e. The van der Waals surface area contributed by atoms with Crippen molar-refractivity contribution in [3.05, 3.63) is 69.7 Å². The molecule has 0 spiro atoms. The van der Waals surface area contributed by atoms with Crippen LogP contribution in [-0.4, -0.2) is 7.05 Å². The van der Waals surface area contributed by atoms with Gasteiger partial charge in [-0.25, -0.2) is 8.78 Å². The number of nitrogens with one attached hydrogen (secondary N) is 1. The molecule has 0 radical (unpaired) electrons. The van der Waals surface area contributed by atoms with Crippen molar-refractivity contribution in [2.75, 3.05) is 7.05 Å². The Morgan fingerprint density at radius 2 is 1.84 bits per heavy atom. The van der Waals surface area contributed by atoms with Gasteiger partial charge in [0, 0.05) is 16.1 Å². The molecule has 0 aliphatic rings. The van der Waals surface area contributed by atoms with E-state index in [0.717, 1.165) is 4.47 Å². The van der Waals surface area contributed by atoms with Crippen LogP contribution >= 0.6 is 15.9 Å². The van der Waals surface area contributed by atoms with Crippen LogP contribution < -0.4 is 5.32 Å². The van der Waals surface area contributed by atoms with Crippen LogP contribution in [0.5, 0.6) is 0 Å². The predicted molar refractivity (Wildman–Crippen MR) is 76.0 cm³/mol. The molecule has 0 fully saturated rings. The molecular formula is C15H14BrF2N. The van der Waals surface area contributed by atoms with Crippen molar-refractivity contribution in [3.8, 4) is 0 Å². The Balaban J connectivity index is 2.29. The van der Waals surface area contributed by atoms with Crippen LogP contribution in [0.4, 0.5) is 8.78 Å². The molecule has 19 heavy (non-hydrogen) atoms. The molecule has 4 heteroatoms. The van der Waals surface area contributed by atoms with E-state index in [-0.39, 0.29) is 17.7 Å². The standard InChI is InChI=1S/C15H14BrF2N/c1-19-15(12-4-2-3-5-14(12)18)9-10-8-11(16)6-7-13(10)17/h2-8,15,19H,9H2,1H3. The second kappa shape index (κ2) is 6.26. The molecule has 0 aliphatic heterocycles. The third kappa shape index (κ3) is 3.39. The van der Waals surface area contributed by atoms with Gasteiger partial charge in [-0.2, -0.15) is 0 Å². The van der Waals surface area contributed by atoms with E-state index in [1.54, 1.807) is 37.4 Å². The van der Waals surface area contributed by atoms with Gasteiger partial charge >= 0.3 is 0 Å². The second-order valence-corrected chi connectivity index (χ2v) is 5.22. The van der Waals surface area contributed by atoms with Gasteiger partial charge in [0.25, 0.3) is 0 Å². The zero-order valence-electron chi connectivity index (χ0n) is 10.5. The van der Waals surface area contributed by atoms with E-state index < -0.39 is 0 Å². The molecule has 0 saturated carbocycles. The van der Waals surface area contributed by atoms with E-state index in [0.29, 0.717) is 17.5 Å². The summed E-state index contributed by atoms with van der Waals surface area (Å²) in [5.41, 5.74) is 1.10. The lowest BCUT2D eigenvalue weighted by Gasteiger charge is -2.18. The van der Waals surface area contributed by atoms with Crippen LogP contribution in [0.2, 0.25) is 0 Å². The SMILES string of the molecule is CNC(Cc1cc(Br)ccc1F)c1ccccc1F. The minimum Gasteiger partial charge on any atom is -0.313 e. The highest BCUT2D eigenvalue weighted by atomic mass is 79.9. The van der Waals surface area contributed by atoms with Crippen molar-refractivity contribution in [3.63, 3.8) is 0 Å². The molecule has 2 rings (SSSR count). The first-order valence-corrected chi connectivity index (χ1v) is 6.76. The maximum absolute atomic E-state index is 13.8. The van der Waals surface area contributed by atoms with Crippen LogP contribution in [0.3, 0.4) is 0 Å². The quantitative estimate of drug-likeness (QED) is 0.887. The fourth-order valence-electron chi connectivity index (χ4n) is 2.04. The maximum atomic E-state index is 13.8. The molecule has 0 saturated heterocycles. The molecule has 0 bridgehead atoms. The first-order valence-electron chi connectivity index (χ1n) is 5.97. The van der Waals surface area contributed by atoms with E-state index in [4.69, 9.17) is 0 Å². The third-order valence-electron chi connectivity index (χ3n) is 3.06. The monoisotopic (exact) mass is 325 g/mol. The minimum absolute atomic E-state index is 0.259. The zero-order chi connectivity index (χ0) is 13.8. The van der Waals surface area contributed by atoms with Gasteiger partial charge in [0.2, 0.25) is 0 Å². The third-order valence-corrected chi connectivity index (χ3v) is 3.55. The summed E-state index contributed by atoms with van der Waals surface area (Å²) in [6.07, 6.45) is 0.392. The number of hydrogen-bond donors (Lipinski definition) is 1. The van der Waals surface area contributed by atoms with Crippen LogP contribution in [0.25, 0.3) is 0 Å². The minimum atomic E-state index is -0.280. The van der Waals surface area contributed by atoms with E-state index in [2.05, 4.69) is 21.2 Å². The normalized spacial score (nSPS) is 12.4. The van der Waals surface area contributed by atoms with Crippen molar-refractivity contribution in [2.24, 2.45) is 0 Å². The van der Waals surface area contributed by atoms with E-state index >= 15 is 0 Å². The van der Waals surface area contributed by atoms with Crippen LogP contribution in [0.1, 0.15) is 17.2 Å². The molecule has 1 atom stereocenters. The average Bonchev–Trinajstić information content (AvgIpc) is 2.41. The smallest absolute Gasteiger partial charge is 0.127 e. The Labute approximate surface area is 119 Å². The highest BCUT2D eigenvalue weighted by molar-refractivity contribution is 9.10. The lowest BCUT2D eigenvalue weighted by molar-refractivity contribution is 0.519. The molecule has 0 aliphatic carbocycles. The number of halogens is 3. The van der Waals surface area contributed by atoms with E-state index in [9.17, 15) is 8.78 Å². The Kier molecular flexibility index (Phi) is 4.66. The Morgan fingerprint density at radius 1 is 1.11 bits per heavy atom. The Bertz CT molecular complexity index is 572. The van der Waals surface area contributed by atoms with Gasteiger partial charge in [-0.15, -0.1) is 0 Å². The van der Waals surface area contributed by atoms with E-state index in [1.807, 2.05) is 0 Å². The van der Waals surface area contributed by atoms with Crippen molar-refractivity contribution in [1.29, 1.82) is 0 Å². The topological polar surface area (TPSA) is 12.0 Å². The molecular weight excluding hydrogens is 312 g/mol. The van der Waals surface area contributed by atoms with Gasteiger partial charge in [0.15, 0.2) is 0 Å². The summed E-state index contributed by atoms with van der Waals surface area (Å²) in [5, 5.41) is 3.03. The van der Waals surface area contributed by atoms with Crippen molar-refractivity contribution in [2.45, 2.75) is 12.5 Å². The molecule has 1 unspecified atom stereocenters. The molecule has 2 aromatic carbocycles. The summed E-state index contributed by atoms with van der Waals surface area (Å²) in [6.45, 7) is 0. The highest BCUT2D eigenvalue weighted by Crippen LogP contribution is 2.24. The van der Waals surface area contributed by atoms with Gasteiger partial charge in [-0.3, -0.25) is 0 Å². The van der Waals surface area contributed by atoms with Crippen molar-refractivity contribution >= 4 is 15.9 Å². The van der Waals surface area contributed by atoms with Gasteiger partial charge < -0.3 is 5.32 Å². The van der Waals surface area contributed by atoms with Gasteiger partial charge in [-0.05, 0) is 43.3 Å². The van der Waals surface area contributed by atoms with Crippen molar-refractivity contribution < 1.29 is 8.78 Å². The summed E-state index contributed by atoms with van der Waals surface area (Å²) in [4.78, 5) is 0. The number of likely N-dealkylation sites (N-methyl/N-ethyl adjacent to an activating group) is 1. The highest BCUT2D eigenvalue weighted by Gasteiger charge is 2.16. The van der Waals surface area contributed by atoms with Crippen molar-refractivity contribution in [1.82, 2.24) is 5.32 Å². The lowest BCUT2D eigenvalue weighted by atomic mass is 9.98. The van der Waals surface area contributed by atoms with E-state index in [1.165, 1.54) is 12.1 Å². The Hall–Kier alpha value is -1.26. The first kappa shape index (κ1) is 14.2. The molecule has 0 aromatic heterocycles. The summed E-state index contributed by atoms with van der Waals surface area (Å²) in [7, 11) is 1.74. The first-order chi connectivity index (χ1) is 9.11. The van der Waals surface area contributed by atoms with Crippen LogP contribution in [-0.2, 0) is 6.42 Å². The Morgan fingerprint density at radius 3 is 2.53 bits per heavy atom. The molecule has 1 N–H and O–H groups in total. The summed E-state index contributed by atoms with van der Waals surface area (Å²) >= 11 is 3.32. The maximum Gasteiger partial charge on any atom is 0.127 e. The van der Waals surface area contributed by atoms with Gasteiger partial charge in [0.1, 0.15) is 11.6 Å². The molecule has 0 heterocycles. The predicted octanol–water partition coefficient (Wildman–Crippen LogP) is 4.23. The molecule has 1 nitrogen and oxygen atoms in total. The van der Waals surface area contributed by atoms with Gasteiger partial charge in [0.05, 0.1) is 0 Å².